The number of nitrogens with zero attached hydrogens (tertiary/aromatic N) is 2. The fourth-order valence-electron chi connectivity index (χ4n) is 3.47. The Labute approximate surface area is 145 Å². The normalized spacial score (nSPS) is 16.4. The summed E-state index contributed by atoms with van der Waals surface area (Å²) < 4.78 is 1.41. The number of fused-ring (bicyclic) bond motifs is 2. The van der Waals surface area contributed by atoms with Gasteiger partial charge in [0.1, 0.15) is 11.2 Å². The van der Waals surface area contributed by atoms with Crippen molar-refractivity contribution in [1.29, 1.82) is 0 Å². The Morgan fingerprint density at radius 3 is 3.00 bits per heavy atom. The van der Waals surface area contributed by atoms with Crippen molar-refractivity contribution >= 4 is 11.6 Å². The van der Waals surface area contributed by atoms with E-state index in [9.17, 15) is 9.59 Å². The summed E-state index contributed by atoms with van der Waals surface area (Å²) in [4.78, 5) is 29.6. The van der Waals surface area contributed by atoms with Gasteiger partial charge in [0, 0.05) is 12.4 Å². The highest BCUT2D eigenvalue weighted by Gasteiger charge is 2.23. The van der Waals surface area contributed by atoms with Crippen molar-refractivity contribution < 1.29 is 4.79 Å². The molecule has 1 aliphatic carbocycles. The summed E-state index contributed by atoms with van der Waals surface area (Å²) in [7, 11) is 0. The molecule has 3 aromatic rings. The Morgan fingerprint density at radius 2 is 2.12 bits per heavy atom. The smallest absolute Gasteiger partial charge is 0.270 e. The largest absolute Gasteiger partial charge is 0.345 e. The fraction of sp³-hybridized carbons (Fsp3) is 0.250. The molecular formula is C20H19N3O2. The topological polar surface area (TPSA) is 63.5 Å². The molecule has 1 aliphatic rings. The molecule has 2 aromatic heterocycles. The third kappa shape index (κ3) is 2.82. The van der Waals surface area contributed by atoms with E-state index in [1.54, 1.807) is 6.20 Å². The van der Waals surface area contributed by atoms with Crippen LogP contribution in [0.1, 0.15) is 45.9 Å². The highest BCUT2D eigenvalue weighted by atomic mass is 16.2. The molecule has 0 saturated carbocycles. The van der Waals surface area contributed by atoms with Gasteiger partial charge in [-0.25, -0.2) is 4.98 Å². The molecule has 0 fully saturated rings. The summed E-state index contributed by atoms with van der Waals surface area (Å²) in [5.41, 5.74) is 3.71. The molecule has 1 amide bonds. The van der Waals surface area contributed by atoms with Crippen molar-refractivity contribution in [2.45, 2.75) is 32.2 Å². The Balaban J connectivity index is 1.66. The minimum absolute atomic E-state index is 0.0597. The lowest BCUT2D eigenvalue weighted by atomic mass is 9.87. The lowest BCUT2D eigenvalue weighted by molar-refractivity contribution is 0.0930. The lowest BCUT2D eigenvalue weighted by Crippen LogP contribution is -2.35. The van der Waals surface area contributed by atoms with E-state index in [0.29, 0.717) is 5.65 Å². The Kier molecular flexibility index (Phi) is 3.84. The van der Waals surface area contributed by atoms with E-state index in [0.717, 1.165) is 30.4 Å². The van der Waals surface area contributed by atoms with Crippen molar-refractivity contribution in [3.63, 3.8) is 0 Å². The third-order valence-electron chi connectivity index (χ3n) is 4.78. The van der Waals surface area contributed by atoms with E-state index in [1.165, 1.54) is 16.2 Å². The molecule has 1 atom stereocenters. The second kappa shape index (κ2) is 6.16. The van der Waals surface area contributed by atoms with Crippen LogP contribution in [0.5, 0.6) is 0 Å². The summed E-state index contributed by atoms with van der Waals surface area (Å²) >= 11 is 0. The third-order valence-corrected chi connectivity index (χ3v) is 4.78. The van der Waals surface area contributed by atoms with Crippen LogP contribution in [0.15, 0.2) is 53.6 Å². The maximum absolute atomic E-state index is 12.7. The molecule has 0 saturated heterocycles. The molecule has 25 heavy (non-hydrogen) atoms. The highest BCUT2D eigenvalue weighted by molar-refractivity contribution is 5.94. The molecular weight excluding hydrogens is 314 g/mol. The summed E-state index contributed by atoms with van der Waals surface area (Å²) in [6.45, 7) is 1.94. The van der Waals surface area contributed by atoms with Crippen LogP contribution >= 0.6 is 0 Å². The molecule has 0 aliphatic heterocycles. The molecule has 4 rings (SSSR count). The number of benzene rings is 1. The number of amides is 1. The predicted molar refractivity (Wildman–Crippen MR) is 95.8 cm³/mol. The number of nitrogens with one attached hydrogen (secondary N) is 1. The monoisotopic (exact) mass is 333 g/mol. The first-order valence-electron chi connectivity index (χ1n) is 8.50. The standard InChI is InChI=1S/C20H19N3O2/c1-13-9-10-23-18(11-13)21-12-16(20(23)25)19(24)22-17-8-4-6-14-5-2-3-7-15(14)17/h2-3,5,7,9-12,17H,4,6,8H2,1H3,(H,22,24). The fourth-order valence-corrected chi connectivity index (χ4v) is 3.47. The lowest BCUT2D eigenvalue weighted by Gasteiger charge is -2.26. The van der Waals surface area contributed by atoms with Crippen molar-refractivity contribution in [3.8, 4) is 0 Å². The van der Waals surface area contributed by atoms with Crippen molar-refractivity contribution in [2.75, 3.05) is 0 Å². The van der Waals surface area contributed by atoms with Gasteiger partial charge in [-0.05, 0) is 55.0 Å². The van der Waals surface area contributed by atoms with Crippen molar-refractivity contribution in [3.05, 3.63) is 81.4 Å². The van der Waals surface area contributed by atoms with Gasteiger partial charge in [-0.2, -0.15) is 0 Å². The molecule has 5 nitrogen and oxygen atoms in total. The van der Waals surface area contributed by atoms with Gasteiger partial charge in [0.15, 0.2) is 0 Å². The van der Waals surface area contributed by atoms with Gasteiger partial charge in [0.25, 0.3) is 11.5 Å². The predicted octanol–water partition coefficient (Wildman–Crippen LogP) is 2.81. The highest BCUT2D eigenvalue weighted by Crippen LogP contribution is 2.29. The number of pyridine rings is 1. The maximum atomic E-state index is 12.7. The van der Waals surface area contributed by atoms with Gasteiger partial charge < -0.3 is 5.32 Å². The van der Waals surface area contributed by atoms with E-state index in [2.05, 4.69) is 16.4 Å². The number of carbonyl (C=O) groups excluding carboxylic acids is 1. The van der Waals surface area contributed by atoms with Gasteiger partial charge in [0.2, 0.25) is 0 Å². The number of aromatic nitrogens is 2. The zero-order chi connectivity index (χ0) is 17.4. The van der Waals surface area contributed by atoms with Crippen molar-refractivity contribution in [2.24, 2.45) is 0 Å². The Hall–Kier alpha value is -2.95. The van der Waals surface area contributed by atoms with E-state index >= 15 is 0 Å². The Morgan fingerprint density at radius 1 is 1.28 bits per heavy atom. The van der Waals surface area contributed by atoms with Crippen LogP contribution in [0.3, 0.4) is 0 Å². The summed E-state index contributed by atoms with van der Waals surface area (Å²) in [6.07, 6.45) is 5.97. The molecule has 5 heteroatoms. The molecule has 1 aromatic carbocycles. The number of rotatable bonds is 2. The van der Waals surface area contributed by atoms with Crippen LogP contribution in [-0.4, -0.2) is 15.3 Å². The summed E-state index contributed by atoms with van der Waals surface area (Å²) in [5.74, 6) is -0.367. The zero-order valence-corrected chi connectivity index (χ0v) is 14.0. The van der Waals surface area contributed by atoms with Crippen LogP contribution in [0.4, 0.5) is 0 Å². The van der Waals surface area contributed by atoms with Crippen LogP contribution in [0.25, 0.3) is 5.65 Å². The summed E-state index contributed by atoms with van der Waals surface area (Å²) in [6, 6.07) is 11.7. The molecule has 0 bridgehead atoms. The maximum Gasteiger partial charge on any atom is 0.270 e. The molecule has 1 N–H and O–H groups in total. The van der Waals surface area contributed by atoms with Gasteiger partial charge in [-0.1, -0.05) is 24.3 Å². The minimum atomic E-state index is -0.367. The molecule has 0 spiro atoms. The van der Waals surface area contributed by atoms with E-state index < -0.39 is 0 Å². The molecule has 0 radical (unpaired) electrons. The molecule has 2 heterocycles. The van der Waals surface area contributed by atoms with E-state index in [1.807, 2.05) is 37.3 Å². The zero-order valence-electron chi connectivity index (χ0n) is 14.0. The van der Waals surface area contributed by atoms with Gasteiger partial charge in [0.05, 0.1) is 6.04 Å². The Bertz CT molecular complexity index is 1020. The van der Waals surface area contributed by atoms with Gasteiger partial charge in [-0.3, -0.25) is 14.0 Å². The second-order valence-electron chi connectivity index (χ2n) is 6.53. The molecule has 126 valence electrons. The van der Waals surface area contributed by atoms with E-state index in [-0.39, 0.29) is 23.1 Å². The van der Waals surface area contributed by atoms with Crippen molar-refractivity contribution in [1.82, 2.24) is 14.7 Å². The first-order chi connectivity index (χ1) is 12.1. The molecule has 1 unspecified atom stereocenters. The average Bonchev–Trinajstić information content (AvgIpc) is 2.62. The first-order valence-corrected chi connectivity index (χ1v) is 8.50. The van der Waals surface area contributed by atoms with Crippen LogP contribution in [0, 0.1) is 6.92 Å². The quantitative estimate of drug-likeness (QED) is 0.784. The van der Waals surface area contributed by atoms with Gasteiger partial charge in [-0.15, -0.1) is 0 Å². The number of aryl methyl sites for hydroxylation is 2. The first kappa shape index (κ1) is 15.6. The van der Waals surface area contributed by atoms with Crippen LogP contribution in [0.2, 0.25) is 0 Å². The minimum Gasteiger partial charge on any atom is -0.345 e. The van der Waals surface area contributed by atoms with E-state index in [4.69, 9.17) is 0 Å². The number of hydrogen-bond acceptors (Lipinski definition) is 3. The number of hydrogen-bond donors (Lipinski definition) is 1. The van der Waals surface area contributed by atoms with Gasteiger partial charge >= 0.3 is 0 Å². The van der Waals surface area contributed by atoms with Crippen LogP contribution in [-0.2, 0) is 6.42 Å². The second-order valence-corrected chi connectivity index (χ2v) is 6.53. The SMILES string of the molecule is Cc1ccn2c(=O)c(C(=O)NC3CCCc4ccccc43)cnc2c1. The number of carbonyl (C=O) groups is 1. The average molecular weight is 333 g/mol. The van der Waals surface area contributed by atoms with Crippen LogP contribution < -0.4 is 10.9 Å². The summed E-state index contributed by atoms with van der Waals surface area (Å²) in [5, 5.41) is 3.02.